The van der Waals surface area contributed by atoms with E-state index >= 15 is 0 Å². The molecule has 12 rings (SSSR count). The highest BCUT2D eigenvalue weighted by atomic mass is 32.2. The molecule has 8 aliphatic rings. The van der Waals surface area contributed by atoms with Crippen LogP contribution in [-0.2, 0) is 0 Å². The van der Waals surface area contributed by atoms with E-state index in [0.717, 1.165) is 97.2 Å². The van der Waals surface area contributed by atoms with Crippen molar-refractivity contribution in [3.8, 4) is 34.5 Å². The van der Waals surface area contributed by atoms with Crippen LogP contribution in [0.3, 0.4) is 0 Å². The quantitative estimate of drug-likeness (QED) is 0.159. The van der Waals surface area contributed by atoms with Gasteiger partial charge in [-0.15, -0.1) is 47.0 Å². The first-order valence-corrected chi connectivity index (χ1v) is 29.2. The molecule has 0 bridgehead atoms. The molecule has 0 unspecified atom stereocenters. The molecule has 0 aromatic heterocycles. The van der Waals surface area contributed by atoms with Gasteiger partial charge in [-0.25, -0.2) is 0 Å². The minimum absolute atomic E-state index is 0.106. The van der Waals surface area contributed by atoms with Crippen LogP contribution in [0.5, 0.6) is 34.5 Å². The number of rotatable bonds is 10. The lowest BCUT2D eigenvalue weighted by Crippen LogP contribution is -2.33. The van der Waals surface area contributed by atoms with Gasteiger partial charge >= 0.3 is 0 Å². The SMILES string of the molecule is Oc1ccc2c(c1)O[C@@H](c1ccc(OCCN3CCCCC3)cc1)C1=C2CCC2(C1)SCCS2.Oc1ccc2c(c1)O[C@H](c1ccc(OCCN3CCCCC3)cc1)C1=C2CCC2(C1)SCCS2. The van der Waals surface area contributed by atoms with Crippen LogP contribution in [0.4, 0.5) is 0 Å². The molecule has 4 aromatic rings. The van der Waals surface area contributed by atoms with E-state index in [1.807, 2.05) is 12.1 Å². The predicted octanol–water partition coefficient (Wildman–Crippen LogP) is 13.0. The highest BCUT2D eigenvalue weighted by Crippen LogP contribution is 2.61. The highest BCUT2D eigenvalue weighted by molar-refractivity contribution is 8.21. The molecule has 6 aliphatic heterocycles. The number of phenols is 2. The topological polar surface area (TPSA) is 83.9 Å². The van der Waals surface area contributed by atoms with Crippen molar-refractivity contribution in [2.45, 2.75) is 97.4 Å². The summed E-state index contributed by atoms with van der Waals surface area (Å²) >= 11 is 8.54. The third kappa shape index (κ3) is 10.4. The Labute approximate surface area is 420 Å². The fraction of sp³-hybridized carbons (Fsp3) is 0.500. The summed E-state index contributed by atoms with van der Waals surface area (Å²) in [6, 6.07) is 28.2. The van der Waals surface area contributed by atoms with Crippen LogP contribution < -0.4 is 18.9 Å². The molecule has 8 nitrogen and oxygen atoms in total. The van der Waals surface area contributed by atoms with E-state index in [4.69, 9.17) is 18.9 Å². The molecule has 2 N–H and O–H groups in total. The van der Waals surface area contributed by atoms with Crippen LogP contribution in [0.25, 0.3) is 11.1 Å². The molecule has 4 fully saturated rings. The lowest BCUT2D eigenvalue weighted by atomic mass is 9.80. The van der Waals surface area contributed by atoms with Crippen molar-refractivity contribution in [1.82, 2.24) is 9.80 Å². The lowest BCUT2D eigenvalue weighted by molar-refractivity contribution is 0.183. The molecule has 4 aromatic carbocycles. The summed E-state index contributed by atoms with van der Waals surface area (Å²) in [5.41, 5.74) is 10.3. The Morgan fingerprint density at radius 1 is 0.515 bits per heavy atom. The van der Waals surface area contributed by atoms with E-state index in [0.29, 0.717) is 8.16 Å². The first kappa shape index (κ1) is 46.8. The van der Waals surface area contributed by atoms with Gasteiger partial charge in [0.2, 0.25) is 0 Å². The Balaban J connectivity index is 0.000000149. The third-order valence-electron chi connectivity index (χ3n) is 15.2. The molecule has 2 aliphatic carbocycles. The zero-order valence-corrected chi connectivity index (χ0v) is 42.5. The third-order valence-corrected chi connectivity index (χ3v) is 22.2. The summed E-state index contributed by atoms with van der Waals surface area (Å²) in [5, 5.41) is 20.2. The number of hydrogen-bond acceptors (Lipinski definition) is 12. The largest absolute Gasteiger partial charge is 0.508 e. The number of allylic oxidation sites excluding steroid dienone is 2. The maximum absolute atomic E-state index is 10.1. The van der Waals surface area contributed by atoms with Crippen LogP contribution in [0, 0.1) is 0 Å². The van der Waals surface area contributed by atoms with E-state index < -0.39 is 0 Å². The lowest BCUT2D eigenvalue weighted by Gasteiger charge is -2.41. The number of aromatic hydroxyl groups is 2. The van der Waals surface area contributed by atoms with E-state index in [2.05, 4.69) is 105 Å². The first-order chi connectivity index (χ1) is 33.4. The molecule has 2 atom stereocenters. The van der Waals surface area contributed by atoms with Crippen molar-refractivity contribution in [2.75, 3.05) is 75.5 Å². The zero-order chi connectivity index (χ0) is 45.9. The van der Waals surface area contributed by atoms with Gasteiger partial charge in [0.1, 0.15) is 59.9 Å². The standard InChI is InChI=1S/2C28H33NO3S2/c2*30-21-6-9-24-23-10-11-28(33-16-17-34-28)19-25(23)27(32-26(24)18-21)20-4-7-22(8-5-20)31-15-14-29-12-2-1-3-13-29/h2*4-9,18,27,30H,1-3,10-17,19H2/t2*27-/m10/s1. The summed E-state index contributed by atoms with van der Waals surface area (Å²) in [6.07, 6.45) is 14.5. The van der Waals surface area contributed by atoms with Gasteiger partial charge in [-0.05, 0) is 172 Å². The Bertz CT molecular complexity index is 2280. The fourth-order valence-electron chi connectivity index (χ4n) is 11.6. The van der Waals surface area contributed by atoms with Crippen LogP contribution in [0.1, 0.15) is 112 Å². The van der Waals surface area contributed by atoms with Crippen molar-refractivity contribution < 1.29 is 29.2 Å². The van der Waals surface area contributed by atoms with Crippen LogP contribution in [0.2, 0.25) is 0 Å². The Morgan fingerprint density at radius 2 is 0.912 bits per heavy atom. The monoisotopic (exact) mass is 990 g/mol. The van der Waals surface area contributed by atoms with Gasteiger partial charge in [-0.2, -0.15) is 0 Å². The number of fused-ring (bicyclic) bond motifs is 4. The van der Waals surface area contributed by atoms with Crippen molar-refractivity contribution >= 4 is 58.2 Å². The van der Waals surface area contributed by atoms with Gasteiger partial charge in [0, 0.05) is 59.4 Å². The second-order valence-electron chi connectivity index (χ2n) is 19.6. The molecular weight excluding hydrogens is 925 g/mol. The number of nitrogens with zero attached hydrogens (tertiary/aromatic N) is 2. The molecule has 360 valence electrons. The summed E-state index contributed by atoms with van der Waals surface area (Å²) in [6.45, 7) is 8.28. The van der Waals surface area contributed by atoms with E-state index in [9.17, 15) is 10.2 Å². The molecule has 0 amide bonds. The number of piperidine rings is 2. The van der Waals surface area contributed by atoms with E-state index in [1.165, 1.54) is 123 Å². The van der Waals surface area contributed by atoms with E-state index in [-0.39, 0.29) is 23.7 Å². The molecule has 0 saturated carbocycles. The Hall–Kier alpha value is -3.52. The van der Waals surface area contributed by atoms with Crippen LogP contribution in [-0.4, -0.2) is 104 Å². The molecular formula is C56H66N2O6S4. The minimum Gasteiger partial charge on any atom is -0.508 e. The van der Waals surface area contributed by atoms with Gasteiger partial charge in [0.15, 0.2) is 0 Å². The van der Waals surface area contributed by atoms with Crippen molar-refractivity contribution in [2.24, 2.45) is 0 Å². The summed E-state index contributed by atoms with van der Waals surface area (Å²) in [4.78, 5) is 5.01. The van der Waals surface area contributed by atoms with Gasteiger partial charge in [-0.3, -0.25) is 9.80 Å². The predicted molar refractivity (Wildman–Crippen MR) is 284 cm³/mol. The number of hydrogen-bond donors (Lipinski definition) is 2. The highest BCUT2D eigenvalue weighted by Gasteiger charge is 2.46. The summed E-state index contributed by atoms with van der Waals surface area (Å²) < 4.78 is 25.9. The molecule has 6 heterocycles. The Kier molecular flexibility index (Phi) is 14.5. The van der Waals surface area contributed by atoms with Gasteiger partial charge in [0.05, 0.1) is 8.16 Å². The van der Waals surface area contributed by atoms with Crippen LogP contribution >= 0.6 is 47.0 Å². The second kappa shape index (κ2) is 21.1. The fourth-order valence-corrected chi connectivity index (χ4v) is 18.1. The van der Waals surface area contributed by atoms with Crippen LogP contribution in [0.15, 0.2) is 96.1 Å². The van der Waals surface area contributed by atoms with Gasteiger partial charge < -0.3 is 29.2 Å². The van der Waals surface area contributed by atoms with Crippen molar-refractivity contribution in [3.05, 3.63) is 118 Å². The number of thioether (sulfide) groups is 4. The average molecular weight is 991 g/mol. The summed E-state index contributed by atoms with van der Waals surface area (Å²) in [7, 11) is 0. The Morgan fingerprint density at radius 3 is 1.31 bits per heavy atom. The van der Waals surface area contributed by atoms with Crippen molar-refractivity contribution in [3.63, 3.8) is 0 Å². The molecule has 0 radical (unpaired) electrons. The average Bonchev–Trinajstić information content (AvgIpc) is 4.04. The number of benzene rings is 4. The maximum atomic E-state index is 10.1. The minimum atomic E-state index is -0.106. The molecule has 2 spiro atoms. The number of phenolic OH excluding ortho intramolecular Hbond substituents is 2. The first-order valence-electron chi connectivity index (χ1n) is 25.3. The van der Waals surface area contributed by atoms with Gasteiger partial charge in [0.25, 0.3) is 0 Å². The summed E-state index contributed by atoms with van der Waals surface area (Å²) in [5.74, 6) is 8.93. The second-order valence-corrected chi connectivity index (χ2v) is 26.0. The van der Waals surface area contributed by atoms with E-state index in [1.54, 1.807) is 24.3 Å². The number of ether oxygens (including phenoxy) is 4. The molecule has 12 heteroatoms. The van der Waals surface area contributed by atoms with Gasteiger partial charge in [-0.1, -0.05) is 37.1 Å². The maximum Gasteiger partial charge on any atom is 0.146 e. The zero-order valence-electron chi connectivity index (χ0n) is 39.3. The normalized spacial score (nSPS) is 23.9. The number of likely N-dealkylation sites (tertiary alicyclic amines) is 2. The smallest absolute Gasteiger partial charge is 0.146 e. The van der Waals surface area contributed by atoms with Crippen molar-refractivity contribution in [1.29, 1.82) is 0 Å². The molecule has 68 heavy (non-hydrogen) atoms. The molecule has 4 saturated heterocycles.